The minimum Gasteiger partial charge on any atom is -0.497 e. The average Bonchev–Trinajstić information content (AvgIpc) is 3.17. The van der Waals surface area contributed by atoms with Gasteiger partial charge in [-0.15, -0.1) is 0 Å². The zero-order valence-electron chi connectivity index (χ0n) is 17.5. The number of methoxy groups -OCH3 is 1. The molecule has 0 bridgehead atoms. The number of carbonyl (C=O) groups excluding carboxylic acids is 1. The summed E-state index contributed by atoms with van der Waals surface area (Å²) in [6.07, 6.45) is -0.492. The van der Waals surface area contributed by atoms with Gasteiger partial charge in [0, 0.05) is 18.7 Å². The molecule has 1 atom stereocenters. The number of hydrogen-bond acceptors (Lipinski definition) is 3. The number of carboxylic acid groups (broad SMARTS) is 1. The van der Waals surface area contributed by atoms with Gasteiger partial charge in [-0.2, -0.15) is 0 Å². The highest BCUT2D eigenvalue weighted by molar-refractivity contribution is 5.98. The van der Waals surface area contributed by atoms with E-state index in [0.29, 0.717) is 25.2 Å². The molecule has 2 heterocycles. The molecule has 2 aromatic carbocycles. The van der Waals surface area contributed by atoms with Crippen molar-refractivity contribution in [3.8, 4) is 28.1 Å². The van der Waals surface area contributed by atoms with Crippen molar-refractivity contribution in [1.29, 1.82) is 0 Å². The lowest BCUT2D eigenvalue weighted by Gasteiger charge is -2.29. The summed E-state index contributed by atoms with van der Waals surface area (Å²) in [5.74, 6) is 0.606. The number of benzene rings is 2. The van der Waals surface area contributed by atoms with Gasteiger partial charge >= 0.3 is 6.09 Å². The van der Waals surface area contributed by atoms with Gasteiger partial charge in [0.25, 0.3) is 5.91 Å². The fourth-order valence-electron chi connectivity index (χ4n) is 4.15. The van der Waals surface area contributed by atoms with Crippen LogP contribution in [0.3, 0.4) is 0 Å². The van der Waals surface area contributed by atoms with Crippen LogP contribution in [0.4, 0.5) is 4.79 Å². The Morgan fingerprint density at radius 3 is 2.71 bits per heavy atom. The first kappa shape index (κ1) is 20.5. The van der Waals surface area contributed by atoms with Crippen LogP contribution < -0.4 is 15.4 Å². The molecule has 160 valence electrons. The molecule has 2 amide bonds. The zero-order valence-corrected chi connectivity index (χ0v) is 17.5. The third-order valence-electron chi connectivity index (χ3n) is 5.56. The van der Waals surface area contributed by atoms with Gasteiger partial charge in [-0.25, -0.2) is 4.79 Å². The maximum atomic E-state index is 12.8. The van der Waals surface area contributed by atoms with E-state index in [9.17, 15) is 9.59 Å². The van der Waals surface area contributed by atoms with E-state index in [1.807, 2.05) is 55.5 Å². The van der Waals surface area contributed by atoms with Gasteiger partial charge in [0.1, 0.15) is 11.4 Å². The summed E-state index contributed by atoms with van der Waals surface area (Å²) in [5.41, 5.74) is 5.53. The molecule has 1 aromatic heterocycles. The van der Waals surface area contributed by atoms with Crippen LogP contribution in [0.25, 0.3) is 22.4 Å². The van der Waals surface area contributed by atoms with Crippen molar-refractivity contribution in [3.05, 3.63) is 65.9 Å². The molecule has 0 saturated carbocycles. The topological polar surface area (TPSA) is 92.6 Å². The van der Waals surface area contributed by atoms with Crippen molar-refractivity contribution in [2.75, 3.05) is 20.2 Å². The molecule has 3 N–H and O–H groups in total. The summed E-state index contributed by atoms with van der Waals surface area (Å²) in [5, 5.41) is 14.3. The second-order valence-electron chi connectivity index (χ2n) is 7.65. The van der Waals surface area contributed by atoms with Crippen LogP contribution in [0.1, 0.15) is 28.5 Å². The molecule has 7 nitrogen and oxygen atoms in total. The number of aryl methyl sites for hydroxylation is 1. The molecule has 1 aliphatic heterocycles. The standard InChI is InChI=1S/C24H25N3O4/c1-15-5-3-7-17(11-15)22-20(16-6-4-8-19(12-16)31-2)13-21-23(28)26-14-18(27(21)22)9-10-25-24(29)30/h3-8,11-13,18,25H,9-10,14H2,1-2H3,(H,26,28)(H,29,30). The Morgan fingerprint density at radius 1 is 1.19 bits per heavy atom. The summed E-state index contributed by atoms with van der Waals surface area (Å²) in [6, 6.07) is 17.8. The van der Waals surface area contributed by atoms with Crippen molar-refractivity contribution in [2.45, 2.75) is 19.4 Å². The van der Waals surface area contributed by atoms with Crippen LogP contribution in [0.5, 0.6) is 5.75 Å². The molecule has 1 unspecified atom stereocenters. The smallest absolute Gasteiger partial charge is 0.404 e. The number of rotatable bonds is 6. The van der Waals surface area contributed by atoms with E-state index in [-0.39, 0.29) is 11.9 Å². The molecule has 31 heavy (non-hydrogen) atoms. The van der Waals surface area contributed by atoms with E-state index >= 15 is 0 Å². The van der Waals surface area contributed by atoms with Gasteiger partial charge in [0.05, 0.1) is 18.8 Å². The summed E-state index contributed by atoms with van der Waals surface area (Å²) in [7, 11) is 1.63. The molecule has 0 aliphatic carbocycles. The van der Waals surface area contributed by atoms with E-state index in [1.165, 1.54) is 0 Å². The third-order valence-corrected chi connectivity index (χ3v) is 5.56. The lowest BCUT2D eigenvalue weighted by atomic mass is 9.99. The van der Waals surface area contributed by atoms with Crippen molar-refractivity contribution >= 4 is 12.0 Å². The van der Waals surface area contributed by atoms with Crippen LogP contribution in [-0.4, -0.2) is 41.9 Å². The summed E-state index contributed by atoms with van der Waals surface area (Å²) >= 11 is 0. The quantitative estimate of drug-likeness (QED) is 0.561. The van der Waals surface area contributed by atoms with E-state index in [0.717, 1.165) is 33.7 Å². The zero-order chi connectivity index (χ0) is 22.0. The van der Waals surface area contributed by atoms with Crippen LogP contribution in [0.2, 0.25) is 0 Å². The Morgan fingerprint density at radius 2 is 1.97 bits per heavy atom. The number of ether oxygens (including phenoxy) is 1. The Hall–Kier alpha value is -3.74. The highest BCUT2D eigenvalue weighted by Gasteiger charge is 2.30. The molecule has 3 aromatic rings. The molecule has 4 rings (SSSR count). The predicted molar refractivity (Wildman–Crippen MR) is 119 cm³/mol. The first-order chi connectivity index (χ1) is 15.0. The average molecular weight is 419 g/mol. The van der Waals surface area contributed by atoms with Gasteiger partial charge in [0.2, 0.25) is 0 Å². The summed E-state index contributed by atoms with van der Waals surface area (Å²) in [6.45, 7) is 2.78. The summed E-state index contributed by atoms with van der Waals surface area (Å²) < 4.78 is 7.47. The second-order valence-corrected chi connectivity index (χ2v) is 7.65. The number of nitrogens with one attached hydrogen (secondary N) is 2. The Kier molecular flexibility index (Phi) is 5.66. The Bertz CT molecular complexity index is 1140. The molecule has 0 fully saturated rings. The number of aromatic nitrogens is 1. The molecular weight excluding hydrogens is 394 g/mol. The monoisotopic (exact) mass is 419 g/mol. The Balaban J connectivity index is 1.90. The molecule has 0 spiro atoms. The van der Waals surface area contributed by atoms with Crippen molar-refractivity contribution in [2.24, 2.45) is 0 Å². The molecule has 0 radical (unpaired) electrons. The lowest BCUT2D eigenvalue weighted by molar-refractivity contribution is 0.0913. The van der Waals surface area contributed by atoms with E-state index in [2.05, 4.69) is 21.3 Å². The van der Waals surface area contributed by atoms with Crippen LogP contribution in [0, 0.1) is 6.92 Å². The van der Waals surface area contributed by atoms with Crippen molar-refractivity contribution in [3.63, 3.8) is 0 Å². The first-order valence-electron chi connectivity index (χ1n) is 10.2. The highest BCUT2D eigenvalue weighted by atomic mass is 16.5. The van der Waals surface area contributed by atoms with E-state index in [4.69, 9.17) is 9.84 Å². The molecule has 7 heteroatoms. The Labute approximate surface area is 180 Å². The largest absolute Gasteiger partial charge is 0.497 e. The fourth-order valence-corrected chi connectivity index (χ4v) is 4.15. The predicted octanol–water partition coefficient (Wildman–Crippen LogP) is 4.08. The maximum Gasteiger partial charge on any atom is 0.404 e. The summed E-state index contributed by atoms with van der Waals surface area (Å²) in [4.78, 5) is 23.7. The number of fused-ring (bicyclic) bond motifs is 1. The van der Waals surface area contributed by atoms with Gasteiger partial charge in [-0.05, 0) is 48.7 Å². The SMILES string of the molecule is COc1cccc(-c2cc3n(c2-c2cccc(C)c2)C(CCNC(=O)O)CNC3=O)c1. The van der Waals surface area contributed by atoms with Gasteiger partial charge in [0.15, 0.2) is 0 Å². The van der Waals surface area contributed by atoms with Crippen LogP contribution >= 0.6 is 0 Å². The van der Waals surface area contributed by atoms with Crippen molar-refractivity contribution < 1.29 is 19.4 Å². The van der Waals surface area contributed by atoms with Gasteiger partial charge in [-0.3, -0.25) is 4.79 Å². The number of nitrogens with zero attached hydrogens (tertiary/aromatic N) is 1. The normalized spacial score (nSPS) is 15.2. The number of amides is 2. The second kappa shape index (κ2) is 8.55. The highest BCUT2D eigenvalue weighted by Crippen LogP contribution is 2.40. The lowest BCUT2D eigenvalue weighted by Crippen LogP contribution is -2.40. The maximum absolute atomic E-state index is 12.8. The van der Waals surface area contributed by atoms with Crippen LogP contribution in [0.15, 0.2) is 54.6 Å². The van der Waals surface area contributed by atoms with E-state index in [1.54, 1.807) is 7.11 Å². The molecule has 1 aliphatic rings. The number of hydrogen-bond donors (Lipinski definition) is 3. The third kappa shape index (κ3) is 4.12. The fraction of sp³-hybridized carbons (Fsp3) is 0.250. The minimum absolute atomic E-state index is 0.0746. The van der Waals surface area contributed by atoms with E-state index < -0.39 is 6.09 Å². The molecule has 0 saturated heterocycles. The van der Waals surface area contributed by atoms with Gasteiger partial charge < -0.3 is 25.0 Å². The van der Waals surface area contributed by atoms with Crippen molar-refractivity contribution in [1.82, 2.24) is 15.2 Å². The minimum atomic E-state index is -1.05. The first-order valence-corrected chi connectivity index (χ1v) is 10.2. The molecular formula is C24H25N3O4. The van der Waals surface area contributed by atoms with Crippen LogP contribution in [-0.2, 0) is 0 Å². The van der Waals surface area contributed by atoms with Gasteiger partial charge in [-0.1, -0.05) is 35.9 Å². The number of carbonyl (C=O) groups is 2.